The number of fused-ring (bicyclic) bond motifs is 1. The number of rotatable bonds is 6. The quantitative estimate of drug-likeness (QED) is 0.738. The molecule has 1 N–H and O–H groups in total. The number of anilines is 1. The summed E-state index contributed by atoms with van der Waals surface area (Å²) in [6.07, 6.45) is 5.20. The van der Waals surface area contributed by atoms with Crippen LogP contribution in [0.2, 0.25) is 0 Å². The average molecular weight is 347 g/mol. The maximum absolute atomic E-state index is 13.0. The number of aryl methyl sites for hydroxylation is 1. The number of nitrogens with one attached hydrogen (secondary N) is 1. The molecule has 0 unspecified atom stereocenters. The Kier molecular flexibility index (Phi) is 4.53. The monoisotopic (exact) mass is 347 g/mol. The largest absolute Gasteiger partial charge is 0.331 e. The van der Waals surface area contributed by atoms with Crippen LogP contribution in [0.25, 0.3) is 11.0 Å². The minimum atomic E-state index is -3.79. The standard InChI is InChI=1S/C17H18FN3O2S/c1-2-3-11-21-12-16(15-5-4-10-19-17(15)21)24(22,23)20-14-8-6-13(18)7-9-14/h4-10,12,20H,2-3,11H2,1H3. The fourth-order valence-corrected chi connectivity index (χ4v) is 3.80. The number of aromatic nitrogens is 2. The van der Waals surface area contributed by atoms with Gasteiger partial charge in [-0.3, -0.25) is 4.72 Å². The minimum absolute atomic E-state index is 0.172. The fourth-order valence-electron chi connectivity index (χ4n) is 2.53. The highest BCUT2D eigenvalue weighted by Gasteiger charge is 2.21. The van der Waals surface area contributed by atoms with Crippen LogP contribution in [0.15, 0.2) is 53.7 Å². The lowest BCUT2D eigenvalue weighted by atomic mass is 10.3. The predicted octanol–water partition coefficient (Wildman–Crippen LogP) is 3.78. The molecule has 3 aromatic rings. The number of sulfonamides is 1. The molecule has 2 heterocycles. The van der Waals surface area contributed by atoms with Crippen molar-refractivity contribution in [3.63, 3.8) is 0 Å². The first-order valence-electron chi connectivity index (χ1n) is 7.73. The van der Waals surface area contributed by atoms with Crippen molar-refractivity contribution in [1.29, 1.82) is 0 Å². The molecule has 2 aromatic heterocycles. The number of unbranched alkanes of at least 4 members (excludes halogenated alkanes) is 1. The Bertz CT molecular complexity index is 950. The van der Waals surface area contributed by atoms with E-state index >= 15 is 0 Å². The van der Waals surface area contributed by atoms with E-state index in [4.69, 9.17) is 0 Å². The van der Waals surface area contributed by atoms with Crippen LogP contribution in [-0.2, 0) is 16.6 Å². The van der Waals surface area contributed by atoms with Gasteiger partial charge in [-0.15, -0.1) is 0 Å². The Hall–Kier alpha value is -2.41. The molecular weight excluding hydrogens is 329 g/mol. The van der Waals surface area contributed by atoms with Crippen LogP contribution in [-0.4, -0.2) is 18.0 Å². The highest BCUT2D eigenvalue weighted by atomic mass is 32.2. The van der Waals surface area contributed by atoms with E-state index in [9.17, 15) is 12.8 Å². The maximum atomic E-state index is 13.0. The normalized spacial score (nSPS) is 11.8. The lowest BCUT2D eigenvalue weighted by Crippen LogP contribution is -2.12. The Labute approximate surface area is 140 Å². The molecule has 0 aliphatic rings. The summed E-state index contributed by atoms with van der Waals surface area (Å²) in [6, 6.07) is 8.66. The second-order valence-electron chi connectivity index (χ2n) is 5.53. The number of hydrogen-bond acceptors (Lipinski definition) is 3. The van der Waals surface area contributed by atoms with E-state index in [1.807, 2.05) is 4.57 Å². The van der Waals surface area contributed by atoms with E-state index in [1.54, 1.807) is 24.5 Å². The third kappa shape index (κ3) is 3.26. The van der Waals surface area contributed by atoms with Crippen molar-refractivity contribution in [2.45, 2.75) is 31.2 Å². The Morgan fingerprint density at radius 2 is 1.96 bits per heavy atom. The van der Waals surface area contributed by atoms with E-state index in [2.05, 4.69) is 16.6 Å². The van der Waals surface area contributed by atoms with Crippen LogP contribution in [0.3, 0.4) is 0 Å². The van der Waals surface area contributed by atoms with Crippen LogP contribution in [0.1, 0.15) is 19.8 Å². The maximum Gasteiger partial charge on any atom is 0.264 e. The second-order valence-corrected chi connectivity index (χ2v) is 7.18. The molecule has 0 amide bonds. The van der Waals surface area contributed by atoms with Crippen LogP contribution in [0, 0.1) is 5.82 Å². The summed E-state index contributed by atoms with van der Waals surface area (Å²) in [5, 5.41) is 0.572. The predicted molar refractivity (Wildman–Crippen MR) is 91.8 cm³/mol. The molecule has 0 radical (unpaired) electrons. The molecule has 3 rings (SSSR count). The summed E-state index contributed by atoms with van der Waals surface area (Å²) in [6.45, 7) is 2.78. The van der Waals surface area contributed by atoms with Crippen LogP contribution in [0.5, 0.6) is 0 Å². The first kappa shape index (κ1) is 16.4. The SMILES string of the molecule is CCCCn1cc(S(=O)(=O)Nc2ccc(F)cc2)c2cccnc21. The third-order valence-electron chi connectivity index (χ3n) is 3.74. The second kappa shape index (κ2) is 6.60. The Balaban J connectivity index is 2.02. The highest BCUT2D eigenvalue weighted by Crippen LogP contribution is 2.26. The van der Waals surface area contributed by atoms with Crippen molar-refractivity contribution in [2.75, 3.05) is 4.72 Å². The van der Waals surface area contributed by atoms with Gasteiger partial charge >= 0.3 is 0 Å². The van der Waals surface area contributed by atoms with E-state index in [0.717, 1.165) is 12.8 Å². The average Bonchev–Trinajstić information content (AvgIpc) is 2.95. The van der Waals surface area contributed by atoms with Crippen LogP contribution >= 0.6 is 0 Å². The first-order chi connectivity index (χ1) is 11.5. The fraction of sp³-hybridized carbons (Fsp3) is 0.235. The van der Waals surface area contributed by atoms with Crippen LogP contribution < -0.4 is 4.72 Å². The molecule has 0 aliphatic heterocycles. The molecule has 0 atom stereocenters. The number of pyridine rings is 1. The number of nitrogens with zero attached hydrogens (tertiary/aromatic N) is 2. The highest BCUT2D eigenvalue weighted by molar-refractivity contribution is 7.93. The van der Waals surface area contributed by atoms with Gasteiger partial charge in [-0.05, 0) is 42.8 Å². The van der Waals surface area contributed by atoms with Gasteiger partial charge in [0.05, 0.1) is 0 Å². The summed E-state index contributed by atoms with van der Waals surface area (Å²) in [5.41, 5.74) is 0.958. The van der Waals surface area contributed by atoms with Gasteiger partial charge < -0.3 is 4.57 Å². The molecule has 1 aromatic carbocycles. The van der Waals surface area contributed by atoms with Crippen LogP contribution in [0.4, 0.5) is 10.1 Å². The molecule has 5 nitrogen and oxygen atoms in total. The molecule has 7 heteroatoms. The molecule has 0 saturated carbocycles. The van der Waals surface area contributed by atoms with Crippen molar-refractivity contribution in [2.24, 2.45) is 0 Å². The van der Waals surface area contributed by atoms with E-state index in [-0.39, 0.29) is 4.90 Å². The van der Waals surface area contributed by atoms with Crippen molar-refractivity contribution >= 4 is 26.7 Å². The van der Waals surface area contributed by atoms with Crippen molar-refractivity contribution in [3.05, 3.63) is 54.6 Å². The van der Waals surface area contributed by atoms with Gasteiger partial charge in [0.15, 0.2) is 0 Å². The van der Waals surface area contributed by atoms with Gasteiger partial charge in [0.1, 0.15) is 16.4 Å². The van der Waals surface area contributed by atoms with Gasteiger partial charge in [-0.2, -0.15) is 0 Å². The molecular formula is C17H18FN3O2S. The summed E-state index contributed by atoms with van der Waals surface area (Å²) in [5.74, 6) is -0.418. The summed E-state index contributed by atoms with van der Waals surface area (Å²) in [7, 11) is -3.79. The molecule has 0 spiro atoms. The topological polar surface area (TPSA) is 64.0 Å². The number of hydrogen-bond donors (Lipinski definition) is 1. The van der Waals surface area contributed by atoms with Gasteiger partial charge in [0.2, 0.25) is 0 Å². The summed E-state index contributed by atoms with van der Waals surface area (Å²) >= 11 is 0. The van der Waals surface area contributed by atoms with Gasteiger partial charge in [0.25, 0.3) is 10.0 Å². The van der Waals surface area contributed by atoms with E-state index < -0.39 is 15.8 Å². The van der Waals surface area contributed by atoms with Gasteiger partial charge in [-0.25, -0.2) is 17.8 Å². The molecule has 126 valence electrons. The van der Waals surface area contributed by atoms with E-state index in [0.29, 0.717) is 23.3 Å². The molecule has 0 fully saturated rings. The van der Waals surface area contributed by atoms with E-state index in [1.165, 1.54) is 24.3 Å². The zero-order valence-corrected chi connectivity index (χ0v) is 14.1. The van der Waals surface area contributed by atoms with Gasteiger partial charge in [-0.1, -0.05) is 13.3 Å². The first-order valence-corrected chi connectivity index (χ1v) is 9.22. The Morgan fingerprint density at radius 3 is 2.67 bits per heavy atom. The zero-order chi connectivity index (χ0) is 17.2. The van der Waals surface area contributed by atoms with Crippen molar-refractivity contribution < 1.29 is 12.8 Å². The number of halogens is 1. The number of benzene rings is 1. The Morgan fingerprint density at radius 1 is 1.21 bits per heavy atom. The molecule has 0 bridgehead atoms. The van der Waals surface area contributed by atoms with Crippen molar-refractivity contribution in [1.82, 2.24) is 9.55 Å². The minimum Gasteiger partial charge on any atom is -0.331 e. The van der Waals surface area contributed by atoms with Crippen molar-refractivity contribution in [3.8, 4) is 0 Å². The molecule has 24 heavy (non-hydrogen) atoms. The lowest BCUT2D eigenvalue weighted by molar-refractivity contribution is 0.599. The smallest absolute Gasteiger partial charge is 0.264 e. The van der Waals surface area contributed by atoms with Gasteiger partial charge in [0, 0.05) is 30.0 Å². The summed E-state index contributed by atoms with van der Waals surface area (Å²) in [4.78, 5) is 4.48. The summed E-state index contributed by atoms with van der Waals surface area (Å²) < 4.78 is 42.8. The molecule has 0 aliphatic carbocycles. The zero-order valence-electron chi connectivity index (χ0n) is 13.2. The lowest BCUT2D eigenvalue weighted by Gasteiger charge is -2.06. The third-order valence-corrected chi connectivity index (χ3v) is 5.14. The molecule has 0 saturated heterocycles.